The van der Waals surface area contributed by atoms with E-state index < -0.39 is 5.41 Å². The van der Waals surface area contributed by atoms with Gasteiger partial charge in [-0.3, -0.25) is 9.59 Å². The molecule has 1 saturated carbocycles. The summed E-state index contributed by atoms with van der Waals surface area (Å²) in [5.74, 6) is -0.126. The van der Waals surface area contributed by atoms with Crippen LogP contribution in [0.25, 0.3) is 0 Å². The van der Waals surface area contributed by atoms with Crippen LogP contribution in [0.1, 0.15) is 35.1 Å². The number of amides is 2. The molecule has 1 fully saturated rings. The number of hydrogen-bond donors (Lipinski definition) is 1. The first-order chi connectivity index (χ1) is 12.6. The van der Waals surface area contributed by atoms with Crippen LogP contribution in [-0.4, -0.2) is 23.3 Å². The molecule has 1 heterocycles. The molecule has 0 bridgehead atoms. The van der Waals surface area contributed by atoms with E-state index in [1.165, 1.54) is 11.1 Å². The van der Waals surface area contributed by atoms with Crippen molar-refractivity contribution in [3.8, 4) is 0 Å². The molecule has 2 aromatic rings. The minimum atomic E-state index is -0.838. The van der Waals surface area contributed by atoms with Crippen molar-refractivity contribution in [1.29, 1.82) is 0 Å². The van der Waals surface area contributed by atoms with Gasteiger partial charge in [-0.1, -0.05) is 48.5 Å². The van der Waals surface area contributed by atoms with Crippen LogP contribution in [-0.2, 0) is 29.1 Å². The Morgan fingerprint density at radius 1 is 1.04 bits per heavy atom. The van der Waals surface area contributed by atoms with Gasteiger partial charge in [-0.15, -0.1) is 0 Å². The number of nitrogens with zero attached hydrogens (tertiary/aromatic N) is 1. The van der Waals surface area contributed by atoms with Crippen LogP contribution in [0, 0.1) is 12.3 Å². The van der Waals surface area contributed by atoms with Gasteiger partial charge in [-0.05, 0) is 48.4 Å². The Balaban J connectivity index is 1.43. The Hall–Kier alpha value is -2.62. The molecule has 4 rings (SSSR count). The van der Waals surface area contributed by atoms with Crippen molar-refractivity contribution < 1.29 is 9.59 Å². The highest BCUT2D eigenvalue weighted by atomic mass is 16.2. The van der Waals surface area contributed by atoms with Crippen LogP contribution in [0.4, 0.5) is 0 Å². The lowest BCUT2D eigenvalue weighted by atomic mass is 9.97. The molecule has 0 spiro atoms. The quantitative estimate of drug-likeness (QED) is 0.864. The van der Waals surface area contributed by atoms with Crippen molar-refractivity contribution in [3.63, 3.8) is 0 Å². The molecule has 4 heteroatoms. The topological polar surface area (TPSA) is 49.4 Å². The van der Waals surface area contributed by atoms with Gasteiger partial charge in [0.1, 0.15) is 5.41 Å². The number of benzene rings is 2. The third-order valence-electron chi connectivity index (χ3n) is 5.71. The van der Waals surface area contributed by atoms with Gasteiger partial charge in [-0.25, -0.2) is 0 Å². The van der Waals surface area contributed by atoms with E-state index in [-0.39, 0.29) is 11.8 Å². The summed E-state index contributed by atoms with van der Waals surface area (Å²) in [6.45, 7) is 3.82. The van der Waals surface area contributed by atoms with Crippen LogP contribution in [0.3, 0.4) is 0 Å². The zero-order chi connectivity index (χ0) is 18.1. The van der Waals surface area contributed by atoms with E-state index in [0.717, 1.165) is 17.5 Å². The Kier molecular flexibility index (Phi) is 4.27. The second kappa shape index (κ2) is 6.60. The maximum Gasteiger partial charge on any atom is 0.238 e. The number of nitrogens with one attached hydrogen (secondary N) is 1. The molecular weight excluding hydrogens is 324 g/mol. The summed E-state index contributed by atoms with van der Waals surface area (Å²) < 4.78 is 0. The average Bonchev–Trinajstić information content (AvgIpc) is 3.48. The lowest BCUT2D eigenvalue weighted by Crippen LogP contribution is -2.46. The van der Waals surface area contributed by atoms with Crippen molar-refractivity contribution >= 4 is 11.8 Å². The predicted octanol–water partition coefficient (Wildman–Crippen LogP) is 2.98. The summed E-state index contributed by atoms with van der Waals surface area (Å²) in [4.78, 5) is 27.7. The number of rotatable bonds is 4. The van der Waals surface area contributed by atoms with E-state index in [9.17, 15) is 9.59 Å². The molecule has 1 N–H and O–H groups in total. The van der Waals surface area contributed by atoms with Crippen LogP contribution in [0.5, 0.6) is 0 Å². The van der Waals surface area contributed by atoms with E-state index in [1.54, 1.807) is 0 Å². The minimum Gasteiger partial charge on any atom is -0.351 e. The summed E-state index contributed by atoms with van der Waals surface area (Å²) in [7, 11) is 0. The number of hydrogen-bond acceptors (Lipinski definition) is 2. The fourth-order valence-corrected chi connectivity index (χ4v) is 3.79. The molecule has 1 aliphatic carbocycles. The molecule has 0 aromatic heterocycles. The molecule has 2 aliphatic rings. The number of carbonyl (C=O) groups excluding carboxylic acids is 2. The van der Waals surface area contributed by atoms with Gasteiger partial charge in [0.15, 0.2) is 0 Å². The fraction of sp³-hybridized carbons (Fsp3) is 0.364. The van der Waals surface area contributed by atoms with Gasteiger partial charge in [0, 0.05) is 19.6 Å². The van der Waals surface area contributed by atoms with E-state index in [0.29, 0.717) is 32.5 Å². The fourth-order valence-electron chi connectivity index (χ4n) is 3.79. The minimum absolute atomic E-state index is 0.00529. The maximum absolute atomic E-state index is 13.1. The molecule has 134 valence electrons. The zero-order valence-corrected chi connectivity index (χ0v) is 15.1. The standard InChI is InChI=1S/C22H24N2O2/c1-16-6-2-3-8-18(16)14-23-20(25)22(11-12-22)21(26)24-13-10-17-7-4-5-9-19(17)15-24/h2-9H,10-15H2,1H3,(H,23,25). The largest absolute Gasteiger partial charge is 0.351 e. The summed E-state index contributed by atoms with van der Waals surface area (Å²) in [6, 6.07) is 16.2. The molecule has 4 nitrogen and oxygen atoms in total. The second-order valence-corrected chi connectivity index (χ2v) is 7.44. The number of fused-ring (bicyclic) bond motifs is 1. The summed E-state index contributed by atoms with van der Waals surface area (Å²) >= 11 is 0. The maximum atomic E-state index is 13.1. The molecule has 2 amide bonds. The van der Waals surface area contributed by atoms with Crippen molar-refractivity contribution in [2.75, 3.05) is 6.54 Å². The van der Waals surface area contributed by atoms with Crippen molar-refractivity contribution in [2.24, 2.45) is 5.41 Å². The van der Waals surface area contributed by atoms with Gasteiger partial charge >= 0.3 is 0 Å². The predicted molar refractivity (Wildman–Crippen MR) is 100 cm³/mol. The molecule has 0 unspecified atom stereocenters. The molecule has 26 heavy (non-hydrogen) atoms. The first kappa shape index (κ1) is 16.8. The normalized spacial score (nSPS) is 17.3. The second-order valence-electron chi connectivity index (χ2n) is 7.44. The van der Waals surface area contributed by atoms with E-state index >= 15 is 0 Å². The summed E-state index contributed by atoms with van der Waals surface area (Å²) in [6.07, 6.45) is 2.18. The third kappa shape index (κ3) is 3.00. The lowest BCUT2D eigenvalue weighted by molar-refractivity contribution is -0.145. The molecule has 0 saturated heterocycles. The van der Waals surface area contributed by atoms with Gasteiger partial charge in [-0.2, -0.15) is 0 Å². The van der Waals surface area contributed by atoms with Crippen molar-refractivity contribution in [2.45, 2.75) is 39.3 Å². The van der Waals surface area contributed by atoms with Crippen LogP contribution < -0.4 is 5.32 Å². The van der Waals surface area contributed by atoms with Crippen LogP contribution >= 0.6 is 0 Å². The third-order valence-corrected chi connectivity index (χ3v) is 5.71. The smallest absolute Gasteiger partial charge is 0.238 e. The highest BCUT2D eigenvalue weighted by Gasteiger charge is 2.58. The summed E-state index contributed by atoms with van der Waals surface area (Å²) in [5.41, 5.74) is 3.91. The van der Waals surface area contributed by atoms with Gasteiger partial charge in [0.25, 0.3) is 0 Å². The number of carbonyl (C=O) groups is 2. The van der Waals surface area contributed by atoms with Crippen molar-refractivity contribution in [3.05, 3.63) is 70.8 Å². The van der Waals surface area contributed by atoms with Gasteiger partial charge in [0.05, 0.1) is 0 Å². The zero-order valence-electron chi connectivity index (χ0n) is 15.1. The van der Waals surface area contributed by atoms with Crippen LogP contribution in [0.2, 0.25) is 0 Å². The van der Waals surface area contributed by atoms with Crippen LogP contribution in [0.15, 0.2) is 48.5 Å². The highest BCUT2D eigenvalue weighted by molar-refractivity contribution is 6.07. The first-order valence-corrected chi connectivity index (χ1v) is 9.29. The Bertz CT molecular complexity index is 855. The van der Waals surface area contributed by atoms with Gasteiger partial charge in [0.2, 0.25) is 11.8 Å². The first-order valence-electron chi connectivity index (χ1n) is 9.29. The highest BCUT2D eigenvalue weighted by Crippen LogP contribution is 2.48. The molecular formula is C22H24N2O2. The molecule has 2 aromatic carbocycles. The van der Waals surface area contributed by atoms with E-state index in [2.05, 4.69) is 17.4 Å². The van der Waals surface area contributed by atoms with Gasteiger partial charge < -0.3 is 10.2 Å². The lowest BCUT2D eigenvalue weighted by Gasteiger charge is -2.31. The number of aryl methyl sites for hydroxylation is 1. The molecule has 0 atom stereocenters. The monoisotopic (exact) mass is 348 g/mol. The van der Waals surface area contributed by atoms with E-state index in [1.807, 2.05) is 48.2 Å². The average molecular weight is 348 g/mol. The Morgan fingerprint density at radius 2 is 1.73 bits per heavy atom. The molecule has 1 aliphatic heterocycles. The summed E-state index contributed by atoms with van der Waals surface area (Å²) in [5, 5.41) is 3.00. The Labute approximate surface area is 154 Å². The Morgan fingerprint density at radius 3 is 2.46 bits per heavy atom. The SMILES string of the molecule is Cc1ccccc1CNC(=O)C1(C(=O)N2CCc3ccccc3C2)CC1. The molecule has 0 radical (unpaired) electrons. The van der Waals surface area contributed by atoms with Crippen molar-refractivity contribution in [1.82, 2.24) is 10.2 Å². The van der Waals surface area contributed by atoms with E-state index in [4.69, 9.17) is 0 Å².